The lowest BCUT2D eigenvalue weighted by Gasteiger charge is -2.32. The maximum atomic E-state index is 8.66. The van der Waals surface area contributed by atoms with Gasteiger partial charge >= 0.3 is 0 Å². The maximum absolute atomic E-state index is 8.66. The molecule has 1 saturated heterocycles. The summed E-state index contributed by atoms with van der Waals surface area (Å²) in [5, 5.41) is 12.9. The van der Waals surface area contributed by atoms with E-state index in [0.29, 0.717) is 6.54 Å². The van der Waals surface area contributed by atoms with Crippen LogP contribution in [0.15, 0.2) is 6.33 Å². The summed E-state index contributed by atoms with van der Waals surface area (Å²) in [5.41, 5.74) is 0. The zero-order valence-corrected chi connectivity index (χ0v) is 10.9. The van der Waals surface area contributed by atoms with E-state index in [1.165, 1.54) is 0 Å². The number of hydrogen-bond acceptors (Lipinski definition) is 5. The molecule has 0 amide bonds. The number of hydrogen-bond donors (Lipinski definition) is 0. The molecule has 0 unspecified atom stereocenters. The molecule has 1 aliphatic heterocycles. The van der Waals surface area contributed by atoms with Gasteiger partial charge in [0.15, 0.2) is 0 Å². The van der Waals surface area contributed by atoms with Crippen molar-refractivity contribution in [1.29, 1.82) is 5.26 Å². The summed E-state index contributed by atoms with van der Waals surface area (Å²) in [5.74, 6) is 1.05. The molecular weight excluding hydrogens is 228 g/mol. The van der Waals surface area contributed by atoms with E-state index in [-0.39, 0.29) is 0 Å². The van der Waals surface area contributed by atoms with E-state index < -0.39 is 0 Å². The van der Waals surface area contributed by atoms with Gasteiger partial charge in [0.05, 0.1) is 19.2 Å². The van der Waals surface area contributed by atoms with E-state index in [2.05, 4.69) is 32.9 Å². The lowest BCUT2D eigenvalue weighted by atomic mass is 10.3. The third-order valence-corrected chi connectivity index (χ3v) is 3.26. The van der Waals surface area contributed by atoms with Crippen molar-refractivity contribution in [1.82, 2.24) is 24.6 Å². The van der Waals surface area contributed by atoms with Gasteiger partial charge in [-0.15, -0.1) is 0 Å². The van der Waals surface area contributed by atoms with Gasteiger partial charge in [-0.2, -0.15) is 10.4 Å². The van der Waals surface area contributed by atoms with Crippen LogP contribution in [0.1, 0.15) is 19.2 Å². The van der Waals surface area contributed by atoms with Crippen LogP contribution in [0.25, 0.3) is 0 Å². The Labute approximate surface area is 108 Å². The minimum absolute atomic E-state index is 0.542. The van der Waals surface area contributed by atoms with E-state index in [1.54, 1.807) is 6.33 Å². The van der Waals surface area contributed by atoms with Gasteiger partial charge in [0.1, 0.15) is 12.2 Å². The molecule has 6 heteroatoms. The van der Waals surface area contributed by atoms with Crippen LogP contribution in [0, 0.1) is 11.3 Å². The average molecular weight is 248 g/mol. The van der Waals surface area contributed by atoms with Crippen LogP contribution in [0.3, 0.4) is 0 Å². The summed E-state index contributed by atoms with van der Waals surface area (Å²) < 4.78 is 1.99. The molecule has 0 aliphatic carbocycles. The molecule has 98 valence electrons. The van der Waals surface area contributed by atoms with Gasteiger partial charge in [-0.25, -0.2) is 9.67 Å². The van der Waals surface area contributed by atoms with Crippen LogP contribution in [0.5, 0.6) is 0 Å². The SMILES string of the molecule is CCCn1ncnc1CN1CCN(CC#N)CC1. The molecule has 0 radical (unpaired) electrons. The normalized spacial score (nSPS) is 17.8. The number of rotatable bonds is 5. The van der Waals surface area contributed by atoms with E-state index in [1.807, 2.05) is 4.68 Å². The largest absolute Gasteiger partial charge is 0.293 e. The molecule has 0 N–H and O–H groups in total. The highest BCUT2D eigenvalue weighted by Crippen LogP contribution is 2.06. The Balaban J connectivity index is 1.84. The molecular formula is C12H20N6. The van der Waals surface area contributed by atoms with Crippen molar-refractivity contribution >= 4 is 0 Å². The van der Waals surface area contributed by atoms with Crippen LogP contribution in [0.4, 0.5) is 0 Å². The summed E-state index contributed by atoms with van der Waals surface area (Å²) in [6.07, 6.45) is 2.71. The third-order valence-electron chi connectivity index (χ3n) is 3.26. The molecule has 6 nitrogen and oxygen atoms in total. The number of piperazine rings is 1. The van der Waals surface area contributed by atoms with Gasteiger partial charge in [0.2, 0.25) is 0 Å². The highest BCUT2D eigenvalue weighted by atomic mass is 15.4. The van der Waals surface area contributed by atoms with Gasteiger partial charge in [0, 0.05) is 32.7 Å². The molecule has 1 aromatic heterocycles. The van der Waals surface area contributed by atoms with Crippen LogP contribution in [0.2, 0.25) is 0 Å². The molecule has 1 aliphatic rings. The summed E-state index contributed by atoms with van der Waals surface area (Å²) in [6.45, 7) is 8.42. The Kier molecular flexibility index (Phi) is 4.67. The number of aromatic nitrogens is 3. The minimum Gasteiger partial charge on any atom is -0.293 e. The van der Waals surface area contributed by atoms with Crippen molar-refractivity contribution < 1.29 is 0 Å². The molecule has 0 saturated carbocycles. The first-order valence-corrected chi connectivity index (χ1v) is 6.52. The average Bonchev–Trinajstić information content (AvgIpc) is 2.80. The van der Waals surface area contributed by atoms with Gasteiger partial charge in [-0.05, 0) is 6.42 Å². The predicted octanol–water partition coefficient (Wildman–Crippen LogP) is 0.329. The molecule has 1 fully saturated rings. The van der Waals surface area contributed by atoms with Crippen LogP contribution >= 0.6 is 0 Å². The second-order valence-corrected chi connectivity index (χ2v) is 4.61. The Morgan fingerprint density at radius 3 is 2.67 bits per heavy atom. The molecule has 0 aromatic carbocycles. The second-order valence-electron chi connectivity index (χ2n) is 4.61. The number of aryl methyl sites for hydroxylation is 1. The monoisotopic (exact) mass is 248 g/mol. The van der Waals surface area contributed by atoms with E-state index in [9.17, 15) is 0 Å². The molecule has 2 rings (SSSR count). The van der Waals surface area contributed by atoms with E-state index >= 15 is 0 Å². The van der Waals surface area contributed by atoms with Crippen molar-refractivity contribution in [3.63, 3.8) is 0 Å². The molecule has 1 aromatic rings. The Morgan fingerprint density at radius 1 is 1.28 bits per heavy atom. The van der Waals surface area contributed by atoms with Crippen molar-refractivity contribution in [2.75, 3.05) is 32.7 Å². The fourth-order valence-electron chi connectivity index (χ4n) is 2.21. The second kappa shape index (κ2) is 6.47. The summed E-state index contributed by atoms with van der Waals surface area (Å²) in [4.78, 5) is 8.90. The first-order valence-electron chi connectivity index (χ1n) is 6.52. The third kappa shape index (κ3) is 3.28. The van der Waals surface area contributed by atoms with E-state index in [4.69, 9.17) is 5.26 Å². The van der Waals surface area contributed by atoms with Crippen molar-refractivity contribution in [3.05, 3.63) is 12.2 Å². The van der Waals surface area contributed by atoms with Crippen LogP contribution < -0.4 is 0 Å². The molecule has 2 heterocycles. The van der Waals surface area contributed by atoms with Gasteiger partial charge in [-0.3, -0.25) is 9.80 Å². The van der Waals surface area contributed by atoms with Gasteiger partial charge in [0.25, 0.3) is 0 Å². The van der Waals surface area contributed by atoms with Crippen molar-refractivity contribution in [2.24, 2.45) is 0 Å². The Bertz CT molecular complexity index is 399. The zero-order valence-electron chi connectivity index (χ0n) is 10.9. The van der Waals surface area contributed by atoms with Crippen LogP contribution in [-0.2, 0) is 13.1 Å². The Morgan fingerprint density at radius 2 is 2.00 bits per heavy atom. The summed E-state index contributed by atoms with van der Waals surface area (Å²) in [6, 6.07) is 2.20. The maximum Gasteiger partial charge on any atom is 0.141 e. The first-order chi connectivity index (χ1) is 8.83. The molecule has 0 bridgehead atoms. The minimum atomic E-state index is 0.542. The lowest BCUT2D eigenvalue weighted by molar-refractivity contribution is 0.134. The molecule has 0 atom stereocenters. The van der Waals surface area contributed by atoms with E-state index in [0.717, 1.165) is 51.5 Å². The standard InChI is InChI=1S/C12H20N6/c1-2-4-18-12(14-11-15-18)10-17-8-6-16(5-3-13)7-9-17/h11H,2,4-10H2,1H3. The smallest absolute Gasteiger partial charge is 0.141 e. The highest BCUT2D eigenvalue weighted by molar-refractivity contribution is 4.87. The van der Waals surface area contributed by atoms with Gasteiger partial charge < -0.3 is 0 Å². The van der Waals surface area contributed by atoms with Gasteiger partial charge in [-0.1, -0.05) is 6.92 Å². The fourth-order valence-corrected chi connectivity index (χ4v) is 2.21. The van der Waals surface area contributed by atoms with Crippen molar-refractivity contribution in [3.8, 4) is 6.07 Å². The quantitative estimate of drug-likeness (QED) is 0.703. The number of nitrogens with zero attached hydrogens (tertiary/aromatic N) is 6. The fraction of sp³-hybridized carbons (Fsp3) is 0.750. The summed E-state index contributed by atoms with van der Waals surface area (Å²) >= 11 is 0. The molecule has 18 heavy (non-hydrogen) atoms. The lowest BCUT2D eigenvalue weighted by Crippen LogP contribution is -2.46. The van der Waals surface area contributed by atoms with Crippen LogP contribution in [-0.4, -0.2) is 57.3 Å². The first kappa shape index (κ1) is 13.0. The zero-order chi connectivity index (χ0) is 12.8. The predicted molar refractivity (Wildman–Crippen MR) is 67.6 cm³/mol. The Hall–Kier alpha value is -1.45. The highest BCUT2D eigenvalue weighted by Gasteiger charge is 2.18. The molecule has 0 spiro atoms. The van der Waals surface area contributed by atoms with Crippen molar-refractivity contribution in [2.45, 2.75) is 26.4 Å². The topological polar surface area (TPSA) is 61.0 Å². The number of nitriles is 1. The summed E-state index contributed by atoms with van der Waals surface area (Å²) in [7, 11) is 0.